The third kappa shape index (κ3) is 4.48. The van der Waals surface area contributed by atoms with E-state index in [0.717, 1.165) is 26.9 Å². The highest BCUT2D eigenvalue weighted by molar-refractivity contribution is 7.89. The maximum atomic E-state index is 13.5. The number of ether oxygens (including phenoxy) is 1. The summed E-state index contributed by atoms with van der Waals surface area (Å²) in [5.41, 5.74) is 3.04. The molecule has 2 aromatic heterocycles. The quantitative estimate of drug-likeness (QED) is 0.430. The van der Waals surface area contributed by atoms with Crippen LogP contribution in [0.3, 0.4) is 0 Å². The largest absolute Gasteiger partial charge is 0.497 e. The average molecular weight is 469 g/mol. The van der Waals surface area contributed by atoms with Gasteiger partial charge in [-0.05, 0) is 84.3 Å². The lowest BCUT2D eigenvalue weighted by Crippen LogP contribution is -2.32. The van der Waals surface area contributed by atoms with Crippen LogP contribution in [0.4, 0.5) is 0 Å². The molecule has 2 aromatic carbocycles. The second-order valence-electron chi connectivity index (χ2n) is 7.68. The zero-order valence-electron chi connectivity index (χ0n) is 18.1. The number of hydrogen-bond acceptors (Lipinski definition) is 5. The Labute approximate surface area is 191 Å². The Balaban J connectivity index is 1.76. The predicted molar refractivity (Wildman–Crippen MR) is 128 cm³/mol. The molecule has 0 amide bonds. The molecule has 166 valence electrons. The minimum atomic E-state index is -3.85. The number of nitrogens with zero attached hydrogens (tertiary/aromatic N) is 1. The van der Waals surface area contributed by atoms with Crippen LogP contribution in [0.25, 0.3) is 10.9 Å². The van der Waals surface area contributed by atoms with E-state index in [1.54, 1.807) is 18.2 Å². The monoisotopic (exact) mass is 468 g/mol. The molecule has 0 fully saturated rings. The van der Waals surface area contributed by atoms with Crippen molar-refractivity contribution in [2.75, 3.05) is 7.11 Å². The first kappa shape index (κ1) is 22.3. The van der Waals surface area contributed by atoms with E-state index >= 15 is 0 Å². The molecule has 0 aliphatic carbocycles. The number of hydrogen-bond donors (Lipinski definition) is 1. The molecule has 2 heterocycles. The SMILES string of the molecule is COc1ccc(S(=O)(=O)N(Cc2cccs2)Cc2cc3cc(C)c(C)cc3[nH]c2=O)cc1. The maximum Gasteiger partial charge on any atom is 0.252 e. The van der Waals surface area contributed by atoms with Crippen molar-refractivity contribution >= 4 is 32.3 Å². The molecule has 0 atom stereocenters. The van der Waals surface area contributed by atoms with Crippen molar-refractivity contribution in [1.29, 1.82) is 0 Å². The number of methoxy groups -OCH3 is 1. The van der Waals surface area contributed by atoms with Crippen LogP contribution in [-0.2, 0) is 23.1 Å². The number of sulfonamides is 1. The predicted octanol–water partition coefficient (Wildman–Crippen LogP) is 4.61. The summed E-state index contributed by atoms with van der Waals surface area (Å²) in [6.07, 6.45) is 0. The zero-order valence-corrected chi connectivity index (χ0v) is 19.7. The molecular weight excluding hydrogens is 444 g/mol. The topological polar surface area (TPSA) is 79.5 Å². The van der Waals surface area contributed by atoms with Gasteiger partial charge in [0.25, 0.3) is 5.56 Å². The van der Waals surface area contributed by atoms with E-state index in [4.69, 9.17) is 4.74 Å². The minimum absolute atomic E-state index is 0.0372. The number of H-pyrrole nitrogens is 1. The first-order chi connectivity index (χ1) is 15.3. The lowest BCUT2D eigenvalue weighted by atomic mass is 10.1. The average Bonchev–Trinajstić information content (AvgIpc) is 3.28. The highest BCUT2D eigenvalue weighted by atomic mass is 32.2. The fourth-order valence-electron chi connectivity index (χ4n) is 3.53. The first-order valence-electron chi connectivity index (χ1n) is 10.1. The molecule has 0 unspecified atom stereocenters. The van der Waals surface area contributed by atoms with E-state index in [1.807, 2.05) is 43.5 Å². The summed E-state index contributed by atoms with van der Waals surface area (Å²) in [5.74, 6) is 0.574. The molecule has 8 heteroatoms. The highest BCUT2D eigenvalue weighted by Crippen LogP contribution is 2.25. The molecule has 0 radical (unpaired) electrons. The number of thiophene rings is 1. The Morgan fingerprint density at radius 3 is 2.38 bits per heavy atom. The summed E-state index contributed by atoms with van der Waals surface area (Å²) in [6.45, 7) is 4.14. The fourth-order valence-corrected chi connectivity index (χ4v) is 5.73. The highest BCUT2D eigenvalue weighted by Gasteiger charge is 2.26. The van der Waals surface area contributed by atoms with Gasteiger partial charge < -0.3 is 9.72 Å². The van der Waals surface area contributed by atoms with Crippen LogP contribution in [-0.4, -0.2) is 24.8 Å². The second kappa shape index (κ2) is 8.90. The Bertz CT molecular complexity index is 1410. The van der Waals surface area contributed by atoms with Gasteiger partial charge in [0, 0.05) is 29.0 Å². The summed E-state index contributed by atoms with van der Waals surface area (Å²) in [6, 6.07) is 15.8. The summed E-state index contributed by atoms with van der Waals surface area (Å²) < 4.78 is 33.5. The van der Waals surface area contributed by atoms with Crippen LogP contribution in [0.15, 0.2) is 69.7 Å². The minimum Gasteiger partial charge on any atom is -0.497 e. The summed E-state index contributed by atoms with van der Waals surface area (Å²) in [7, 11) is -2.32. The normalized spacial score (nSPS) is 11.9. The standard InChI is InChI=1S/C24H24N2O4S2/c1-16-11-18-13-19(24(27)25-23(18)12-17(16)2)14-26(15-21-5-4-10-31-21)32(28,29)22-8-6-20(30-3)7-9-22/h4-13H,14-15H2,1-3H3,(H,25,27). The molecule has 6 nitrogen and oxygen atoms in total. The maximum absolute atomic E-state index is 13.5. The van der Waals surface area contributed by atoms with E-state index in [9.17, 15) is 13.2 Å². The van der Waals surface area contributed by atoms with Crippen molar-refractivity contribution in [2.45, 2.75) is 31.8 Å². The third-order valence-electron chi connectivity index (χ3n) is 5.49. The smallest absolute Gasteiger partial charge is 0.252 e. The molecule has 0 saturated heterocycles. The van der Waals surface area contributed by atoms with Crippen molar-refractivity contribution in [3.8, 4) is 5.75 Å². The molecule has 4 aromatic rings. The zero-order chi connectivity index (χ0) is 22.9. The van der Waals surface area contributed by atoms with Crippen LogP contribution >= 0.6 is 11.3 Å². The molecule has 0 bridgehead atoms. The van der Waals surface area contributed by atoms with Gasteiger partial charge in [-0.3, -0.25) is 4.79 Å². The number of aryl methyl sites for hydroxylation is 2. The van der Waals surface area contributed by atoms with Crippen molar-refractivity contribution < 1.29 is 13.2 Å². The number of benzene rings is 2. The fraction of sp³-hybridized carbons (Fsp3) is 0.208. The van der Waals surface area contributed by atoms with E-state index in [0.29, 0.717) is 11.3 Å². The van der Waals surface area contributed by atoms with Gasteiger partial charge in [0.1, 0.15) is 5.75 Å². The molecule has 32 heavy (non-hydrogen) atoms. The van der Waals surface area contributed by atoms with Gasteiger partial charge in [-0.2, -0.15) is 4.31 Å². The number of nitrogens with one attached hydrogen (secondary N) is 1. The summed E-state index contributed by atoms with van der Waals surface area (Å²) >= 11 is 1.48. The molecule has 1 N–H and O–H groups in total. The number of rotatable bonds is 7. The Morgan fingerprint density at radius 2 is 1.72 bits per heavy atom. The molecular formula is C24H24N2O4S2. The lowest BCUT2D eigenvalue weighted by molar-refractivity contribution is 0.401. The van der Waals surface area contributed by atoms with Crippen molar-refractivity contribution in [3.63, 3.8) is 0 Å². The number of aromatic nitrogens is 1. The van der Waals surface area contributed by atoms with Crippen LogP contribution < -0.4 is 10.3 Å². The van der Waals surface area contributed by atoms with Gasteiger partial charge >= 0.3 is 0 Å². The van der Waals surface area contributed by atoms with Gasteiger partial charge in [0.05, 0.1) is 12.0 Å². The van der Waals surface area contributed by atoms with Crippen molar-refractivity contribution in [3.05, 3.63) is 91.9 Å². The summed E-state index contributed by atoms with van der Waals surface area (Å²) in [5, 5.41) is 2.78. The third-order valence-corrected chi connectivity index (χ3v) is 8.16. The molecule has 0 spiro atoms. The van der Waals surface area contributed by atoms with Gasteiger partial charge in [0.15, 0.2) is 0 Å². The van der Waals surface area contributed by atoms with Crippen LogP contribution in [0.2, 0.25) is 0 Å². The molecule has 4 rings (SSSR count). The van der Waals surface area contributed by atoms with Gasteiger partial charge in [-0.25, -0.2) is 8.42 Å². The van der Waals surface area contributed by atoms with Crippen molar-refractivity contribution in [1.82, 2.24) is 9.29 Å². The van der Waals surface area contributed by atoms with Gasteiger partial charge in [-0.15, -0.1) is 11.3 Å². The van der Waals surface area contributed by atoms with Crippen LogP contribution in [0.1, 0.15) is 21.6 Å². The van der Waals surface area contributed by atoms with E-state index < -0.39 is 10.0 Å². The first-order valence-corrected chi connectivity index (χ1v) is 12.4. The van der Waals surface area contributed by atoms with E-state index in [-0.39, 0.29) is 23.5 Å². The number of pyridine rings is 1. The van der Waals surface area contributed by atoms with E-state index in [1.165, 1.54) is 34.9 Å². The van der Waals surface area contributed by atoms with Crippen LogP contribution in [0, 0.1) is 13.8 Å². The second-order valence-corrected chi connectivity index (χ2v) is 10.6. The van der Waals surface area contributed by atoms with E-state index in [2.05, 4.69) is 4.98 Å². The lowest BCUT2D eigenvalue weighted by Gasteiger charge is -2.22. The van der Waals surface area contributed by atoms with Crippen LogP contribution in [0.5, 0.6) is 5.75 Å². The Morgan fingerprint density at radius 1 is 1.00 bits per heavy atom. The Hall–Kier alpha value is -2.94. The van der Waals surface area contributed by atoms with Gasteiger partial charge in [-0.1, -0.05) is 6.07 Å². The van der Waals surface area contributed by atoms with Gasteiger partial charge in [0.2, 0.25) is 10.0 Å². The summed E-state index contributed by atoms with van der Waals surface area (Å²) in [4.78, 5) is 16.8. The molecule has 0 saturated carbocycles. The van der Waals surface area contributed by atoms with Crippen molar-refractivity contribution in [2.24, 2.45) is 0 Å². The molecule has 0 aliphatic rings. The molecule has 0 aliphatic heterocycles. The number of aromatic amines is 1. The Kier molecular flexibility index (Phi) is 6.19. The number of fused-ring (bicyclic) bond motifs is 1.